The minimum Gasteiger partial charge on any atom is -0.389 e. The summed E-state index contributed by atoms with van der Waals surface area (Å²) in [6.45, 7) is 3.26. The van der Waals surface area contributed by atoms with Crippen molar-refractivity contribution in [3.05, 3.63) is 0 Å². The number of nitrogens with zero attached hydrogens (tertiary/aromatic N) is 1. The number of sulfone groups is 1. The van der Waals surface area contributed by atoms with Gasteiger partial charge in [0.05, 0.1) is 17.1 Å². The van der Waals surface area contributed by atoms with Gasteiger partial charge in [0.2, 0.25) is 0 Å². The lowest BCUT2D eigenvalue weighted by molar-refractivity contribution is 0.0639. The van der Waals surface area contributed by atoms with E-state index in [-0.39, 0.29) is 11.8 Å². The molecule has 0 amide bonds. The van der Waals surface area contributed by atoms with Crippen molar-refractivity contribution in [1.82, 2.24) is 4.90 Å². The minimum absolute atomic E-state index is 0.147. The van der Waals surface area contributed by atoms with E-state index in [9.17, 15) is 13.5 Å². The summed E-state index contributed by atoms with van der Waals surface area (Å²) in [4.78, 5) is 2.12. The van der Waals surface area contributed by atoms with Crippen LogP contribution in [-0.2, 0) is 9.84 Å². The zero-order valence-corrected chi connectivity index (χ0v) is 9.26. The fourth-order valence-corrected chi connectivity index (χ4v) is 4.12. The van der Waals surface area contributed by atoms with E-state index in [0.29, 0.717) is 12.3 Å². The predicted molar refractivity (Wildman–Crippen MR) is 53.9 cm³/mol. The molecule has 0 radical (unpaired) electrons. The van der Waals surface area contributed by atoms with Gasteiger partial charge in [-0.05, 0) is 19.8 Å². The van der Waals surface area contributed by atoms with Crippen molar-refractivity contribution in [2.45, 2.75) is 31.4 Å². The van der Waals surface area contributed by atoms with Crippen molar-refractivity contribution in [3.8, 4) is 0 Å². The van der Waals surface area contributed by atoms with E-state index < -0.39 is 15.4 Å². The fraction of sp³-hybridized carbons (Fsp3) is 1.00. The van der Waals surface area contributed by atoms with Crippen LogP contribution < -0.4 is 0 Å². The van der Waals surface area contributed by atoms with Gasteiger partial charge in [-0.25, -0.2) is 8.42 Å². The van der Waals surface area contributed by atoms with Gasteiger partial charge in [0.25, 0.3) is 0 Å². The lowest BCUT2D eigenvalue weighted by Crippen LogP contribution is -2.37. The largest absolute Gasteiger partial charge is 0.389 e. The Morgan fingerprint density at radius 1 is 1.50 bits per heavy atom. The Morgan fingerprint density at radius 3 is 2.64 bits per heavy atom. The Labute approximate surface area is 84.8 Å². The van der Waals surface area contributed by atoms with E-state index in [1.807, 2.05) is 6.92 Å². The van der Waals surface area contributed by atoms with Crippen LogP contribution >= 0.6 is 0 Å². The predicted octanol–water partition coefficient (Wildman–Crippen LogP) is -0.370. The molecular formula is C9H17NO3S. The van der Waals surface area contributed by atoms with Crippen LogP contribution in [0.5, 0.6) is 0 Å². The Morgan fingerprint density at radius 2 is 2.21 bits per heavy atom. The molecule has 2 aliphatic heterocycles. The third-order valence-electron chi connectivity index (χ3n) is 3.21. The highest BCUT2D eigenvalue weighted by molar-refractivity contribution is 7.91. The lowest BCUT2D eigenvalue weighted by atomic mass is 10.1. The number of rotatable bonds is 1. The molecule has 0 saturated carbocycles. The molecule has 0 aromatic rings. The average molecular weight is 219 g/mol. The van der Waals surface area contributed by atoms with Gasteiger partial charge in [-0.1, -0.05) is 0 Å². The Bertz CT molecular complexity index is 323. The molecule has 82 valence electrons. The smallest absolute Gasteiger partial charge is 0.151 e. The third-order valence-corrected chi connectivity index (χ3v) is 4.96. The van der Waals surface area contributed by atoms with Crippen molar-refractivity contribution in [2.75, 3.05) is 24.6 Å². The summed E-state index contributed by atoms with van der Waals surface area (Å²) in [7, 11) is -2.79. The van der Waals surface area contributed by atoms with Crippen LogP contribution in [0.4, 0.5) is 0 Å². The summed E-state index contributed by atoms with van der Waals surface area (Å²) in [5, 5.41) is 9.76. The Hall–Kier alpha value is -0.130. The number of likely N-dealkylation sites (tertiary alicyclic amines) is 1. The van der Waals surface area contributed by atoms with E-state index in [1.165, 1.54) is 0 Å². The average Bonchev–Trinajstić information content (AvgIpc) is 2.54. The maximum Gasteiger partial charge on any atom is 0.151 e. The zero-order chi connectivity index (χ0) is 10.4. The first kappa shape index (κ1) is 10.4. The third kappa shape index (κ3) is 2.10. The molecule has 0 spiro atoms. The SMILES string of the molecule is CC1(O)CCN(C2CCS(=O)(=O)C2)C1. The summed E-state index contributed by atoms with van der Waals surface area (Å²) in [5.41, 5.74) is -0.619. The minimum atomic E-state index is -2.79. The highest BCUT2D eigenvalue weighted by Gasteiger charge is 2.39. The summed E-state index contributed by atoms with van der Waals surface area (Å²) in [5.74, 6) is 0.597. The van der Waals surface area contributed by atoms with E-state index in [2.05, 4.69) is 4.90 Å². The number of β-amino-alcohol motifs (C(OH)–C–C–N with tert-alkyl or cyclic N) is 1. The van der Waals surface area contributed by atoms with E-state index in [0.717, 1.165) is 19.4 Å². The first-order valence-corrected chi connectivity index (χ1v) is 6.87. The van der Waals surface area contributed by atoms with E-state index >= 15 is 0 Å². The summed E-state index contributed by atoms with van der Waals surface area (Å²) >= 11 is 0. The van der Waals surface area contributed by atoms with Crippen LogP contribution in [-0.4, -0.2) is 54.7 Å². The molecule has 2 aliphatic rings. The molecule has 0 aromatic carbocycles. The van der Waals surface area contributed by atoms with Crippen molar-refractivity contribution in [2.24, 2.45) is 0 Å². The van der Waals surface area contributed by atoms with Gasteiger partial charge in [-0.15, -0.1) is 0 Å². The normalized spacial score (nSPS) is 43.1. The molecule has 2 unspecified atom stereocenters. The van der Waals surface area contributed by atoms with E-state index in [1.54, 1.807) is 0 Å². The summed E-state index contributed by atoms with van der Waals surface area (Å²) in [6.07, 6.45) is 1.49. The monoisotopic (exact) mass is 219 g/mol. The molecule has 2 fully saturated rings. The molecular weight excluding hydrogens is 202 g/mol. The standard InChI is InChI=1S/C9H17NO3S/c1-9(11)3-4-10(7-9)8-2-5-14(12,13)6-8/h8,11H,2-7H2,1H3. The van der Waals surface area contributed by atoms with Gasteiger partial charge in [-0.3, -0.25) is 4.90 Å². The van der Waals surface area contributed by atoms with Gasteiger partial charge in [0, 0.05) is 19.1 Å². The Kier molecular flexibility index (Phi) is 2.36. The van der Waals surface area contributed by atoms with Crippen LogP contribution in [0.15, 0.2) is 0 Å². The van der Waals surface area contributed by atoms with Crippen molar-refractivity contribution in [1.29, 1.82) is 0 Å². The van der Waals surface area contributed by atoms with Crippen molar-refractivity contribution in [3.63, 3.8) is 0 Å². The van der Waals surface area contributed by atoms with Crippen LogP contribution in [0, 0.1) is 0 Å². The molecule has 2 rings (SSSR count). The van der Waals surface area contributed by atoms with E-state index in [4.69, 9.17) is 0 Å². The van der Waals surface area contributed by atoms with Gasteiger partial charge < -0.3 is 5.11 Å². The molecule has 2 heterocycles. The van der Waals surface area contributed by atoms with Gasteiger partial charge in [0.15, 0.2) is 9.84 Å². The van der Waals surface area contributed by atoms with Crippen molar-refractivity contribution < 1.29 is 13.5 Å². The summed E-state index contributed by atoms with van der Waals surface area (Å²) < 4.78 is 22.5. The fourth-order valence-electron chi connectivity index (χ4n) is 2.36. The number of aliphatic hydroxyl groups is 1. The second-order valence-corrected chi connectivity index (χ2v) is 7.00. The quantitative estimate of drug-likeness (QED) is 0.654. The molecule has 14 heavy (non-hydrogen) atoms. The topological polar surface area (TPSA) is 57.6 Å². The maximum atomic E-state index is 11.3. The summed E-state index contributed by atoms with van der Waals surface area (Å²) in [6, 6.07) is 0.147. The van der Waals surface area contributed by atoms with Crippen LogP contribution in [0.1, 0.15) is 19.8 Å². The van der Waals surface area contributed by atoms with Crippen LogP contribution in [0.2, 0.25) is 0 Å². The molecule has 0 aliphatic carbocycles. The molecule has 1 N–H and O–H groups in total. The molecule has 2 saturated heterocycles. The van der Waals surface area contributed by atoms with Gasteiger partial charge in [-0.2, -0.15) is 0 Å². The second-order valence-electron chi connectivity index (χ2n) is 4.77. The number of hydrogen-bond acceptors (Lipinski definition) is 4. The molecule has 2 atom stereocenters. The van der Waals surface area contributed by atoms with Gasteiger partial charge in [0.1, 0.15) is 0 Å². The number of hydrogen-bond donors (Lipinski definition) is 1. The molecule has 0 bridgehead atoms. The van der Waals surface area contributed by atoms with Crippen molar-refractivity contribution >= 4 is 9.84 Å². The highest BCUT2D eigenvalue weighted by atomic mass is 32.2. The maximum absolute atomic E-state index is 11.3. The lowest BCUT2D eigenvalue weighted by Gasteiger charge is -2.23. The molecule has 4 nitrogen and oxygen atoms in total. The second kappa shape index (κ2) is 3.18. The molecule has 5 heteroatoms. The van der Waals surface area contributed by atoms with Crippen LogP contribution in [0.3, 0.4) is 0 Å². The first-order valence-electron chi connectivity index (χ1n) is 5.05. The highest BCUT2D eigenvalue weighted by Crippen LogP contribution is 2.26. The van der Waals surface area contributed by atoms with Crippen LogP contribution in [0.25, 0.3) is 0 Å². The zero-order valence-electron chi connectivity index (χ0n) is 8.44. The van der Waals surface area contributed by atoms with Gasteiger partial charge >= 0.3 is 0 Å². The molecule has 0 aromatic heterocycles. The first-order chi connectivity index (χ1) is 6.38. The Balaban J connectivity index is 1.99.